The second-order valence-electron chi connectivity index (χ2n) is 3.03. The second-order valence-corrected chi connectivity index (χ2v) is 3.03. The first-order chi connectivity index (χ1) is 6.36. The van der Waals surface area contributed by atoms with E-state index in [-0.39, 0.29) is 0 Å². The lowest BCUT2D eigenvalue weighted by atomic mass is 10.2. The molecule has 0 atom stereocenters. The summed E-state index contributed by atoms with van der Waals surface area (Å²) in [6.07, 6.45) is 3.69. The molecule has 2 rings (SSSR count). The SMILES string of the molecule is COc1ncnc(C2CC2)c1C#N. The smallest absolute Gasteiger partial charge is 0.234 e. The minimum Gasteiger partial charge on any atom is -0.480 e. The summed E-state index contributed by atoms with van der Waals surface area (Å²) in [5.74, 6) is 0.839. The fourth-order valence-corrected chi connectivity index (χ4v) is 1.31. The van der Waals surface area contributed by atoms with E-state index in [9.17, 15) is 0 Å². The number of hydrogen-bond acceptors (Lipinski definition) is 4. The fourth-order valence-electron chi connectivity index (χ4n) is 1.31. The molecule has 1 aliphatic carbocycles. The first-order valence-electron chi connectivity index (χ1n) is 4.15. The summed E-state index contributed by atoms with van der Waals surface area (Å²) in [7, 11) is 1.51. The van der Waals surface area contributed by atoms with E-state index in [0.717, 1.165) is 18.5 Å². The van der Waals surface area contributed by atoms with Gasteiger partial charge >= 0.3 is 0 Å². The summed E-state index contributed by atoms with van der Waals surface area (Å²) in [5, 5.41) is 8.90. The van der Waals surface area contributed by atoms with Gasteiger partial charge in [-0.1, -0.05) is 0 Å². The van der Waals surface area contributed by atoms with E-state index in [2.05, 4.69) is 16.0 Å². The predicted molar refractivity (Wildman–Crippen MR) is 45.3 cm³/mol. The number of methoxy groups -OCH3 is 1. The standard InChI is InChI=1S/C9H9N3O/c1-13-9-7(4-10)8(6-2-3-6)11-5-12-9/h5-6H,2-3H2,1H3. The Morgan fingerprint density at radius 3 is 2.85 bits per heavy atom. The van der Waals surface area contributed by atoms with Crippen LogP contribution >= 0.6 is 0 Å². The molecule has 0 spiro atoms. The highest BCUT2D eigenvalue weighted by Gasteiger charge is 2.29. The van der Waals surface area contributed by atoms with Crippen molar-refractivity contribution in [2.75, 3.05) is 7.11 Å². The maximum atomic E-state index is 8.90. The number of nitriles is 1. The number of rotatable bonds is 2. The third-order valence-electron chi connectivity index (χ3n) is 2.11. The number of nitrogens with zero attached hydrogens (tertiary/aromatic N) is 3. The average molecular weight is 175 g/mol. The van der Waals surface area contributed by atoms with Crippen LogP contribution in [0.25, 0.3) is 0 Å². The lowest BCUT2D eigenvalue weighted by molar-refractivity contribution is 0.394. The lowest BCUT2D eigenvalue weighted by Crippen LogP contribution is -1.99. The Balaban J connectivity index is 2.49. The fraction of sp³-hybridized carbons (Fsp3) is 0.444. The summed E-state index contributed by atoms with van der Waals surface area (Å²) >= 11 is 0. The summed E-state index contributed by atoms with van der Waals surface area (Å²) in [6.45, 7) is 0. The molecule has 0 bridgehead atoms. The summed E-state index contributed by atoms with van der Waals surface area (Å²) in [6, 6.07) is 2.09. The molecule has 1 fully saturated rings. The van der Waals surface area contributed by atoms with Crippen molar-refractivity contribution >= 4 is 0 Å². The van der Waals surface area contributed by atoms with Crippen molar-refractivity contribution in [3.05, 3.63) is 17.6 Å². The van der Waals surface area contributed by atoms with Crippen LogP contribution in [-0.4, -0.2) is 17.1 Å². The van der Waals surface area contributed by atoms with Gasteiger partial charge in [-0.3, -0.25) is 0 Å². The average Bonchev–Trinajstić information content (AvgIpc) is 2.99. The Morgan fingerprint density at radius 1 is 1.54 bits per heavy atom. The van der Waals surface area contributed by atoms with Gasteiger partial charge in [0.1, 0.15) is 18.0 Å². The molecule has 1 aromatic rings. The molecule has 13 heavy (non-hydrogen) atoms. The van der Waals surface area contributed by atoms with Crippen LogP contribution in [0.1, 0.15) is 30.0 Å². The monoisotopic (exact) mass is 175 g/mol. The number of aromatic nitrogens is 2. The van der Waals surface area contributed by atoms with Gasteiger partial charge < -0.3 is 4.74 Å². The molecule has 0 saturated heterocycles. The quantitative estimate of drug-likeness (QED) is 0.678. The van der Waals surface area contributed by atoms with Crippen LogP contribution in [0.2, 0.25) is 0 Å². The first-order valence-corrected chi connectivity index (χ1v) is 4.15. The molecule has 1 aliphatic rings. The van der Waals surface area contributed by atoms with Gasteiger partial charge in [0.15, 0.2) is 0 Å². The highest BCUT2D eigenvalue weighted by Crippen LogP contribution is 2.41. The molecular formula is C9H9N3O. The summed E-state index contributed by atoms with van der Waals surface area (Å²) in [5.41, 5.74) is 1.34. The van der Waals surface area contributed by atoms with E-state index in [0.29, 0.717) is 17.4 Å². The van der Waals surface area contributed by atoms with E-state index in [4.69, 9.17) is 10.00 Å². The Kier molecular flexibility index (Phi) is 1.85. The van der Waals surface area contributed by atoms with Crippen molar-refractivity contribution in [2.45, 2.75) is 18.8 Å². The van der Waals surface area contributed by atoms with Gasteiger partial charge in [0.25, 0.3) is 0 Å². The van der Waals surface area contributed by atoms with Gasteiger partial charge in [-0.15, -0.1) is 0 Å². The van der Waals surface area contributed by atoms with Crippen LogP contribution in [-0.2, 0) is 0 Å². The van der Waals surface area contributed by atoms with Crippen LogP contribution in [0.3, 0.4) is 0 Å². The molecular weight excluding hydrogens is 166 g/mol. The van der Waals surface area contributed by atoms with E-state index in [1.165, 1.54) is 13.4 Å². The summed E-state index contributed by atoms with van der Waals surface area (Å²) < 4.78 is 4.98. The highest BCUT2D eigenvalue weighted by molar-refractivity contribution is 5.43. The van der Waals surface area contributed by atoms with Gasteiger partial charge in [-0.05, 0) is 12.8 Å². The predicted octanol–water partition coefficient (Wildman–Crippen LogP) is 1.23. The molecule has 0 radical (unpaired) electrons. The minimum atomic E-state index is 0.388. The molecule has 0 aliphatic heterocycles. The van der Waals surface area contributed by atoms with E-state index in [1.54, 1.807) is 0 Å². The minimum absolute atomic E-state index is 0.388. The zero-order valence-corrected chi connectivity index (χ0v) is 7.32. The van der Waals surface area contributed by atoms with E-state index in [1.807, 2.05) is 0 Å². The molecule has 66 valence electrons. The Labute approximate surface area is 76.2 Å². The van der Waals surface area contributed by atoms with Crippen molar-refractivity contribution in [3.63, 3.8) is 0 Å². The third-order valence-corrected chi connectivity index (χ3v) is 2.11. The zero-order chi connectivity index (χ0) is 9.26. The second kappa shape index (κ2) is 3.02. The molecule has 0 amide bonds. The van der Waals surface area contributed by atoms with Crippen molar-refractivity contribution in [3.8, 4) is 11.9 Å². The van der Waals surface area contributed by atoms with Crippen LogP contribution in [0.15, 0.2) is 6.33 Å². The molecule has 0 N–H and O–H groups in total. The Morgan fingerprint density at radius 2 is 2.31 bits per heavy atom. The van der Waals surface area contributed by atoms with Crippen molar-refractivity contribution < 1.29 is 4.74 Å². The Bertz CT molecular complexity index is 366. The van der Waals surface area contributed by atoms with Crippen LogP contribution in [0.4, 0.5) is 0 Å². The third kappa shape index (κ3) is 1.33. The topological polar surface area (TPSA) is 58.8 Å². The van der Waals surface area contributed by atoms with Crippen molar-refractivity contribution in [2.24, 2.45) is 0 Å². The van der Waals surface area contributed by atoms with Crippen LogP contribution in [0, 0.1) is 11.3 Å². The van der Waals surface area contributed by atoms with Gasteiger partial charge in [0.05, 0.1) is 12.8 Å². The molecule has 1 heterocycles. The van der Waals surface area contributed by atoms with Crippen LogP contribution < -0.4 is 4.74 Å². The lowest BCUT2D eigenvalue weighted by Gasteiger charge is -2.03. The summed E-state index contributed by atoms with van der Waals surface area (Å²) in [4.78, 5) is 7.99. The molecule has 0 aromatic carbocycles. The van der Waals surface area contributed by atoms with Gasteiger partial charge in [0.2, 0.25) is 5.88 Å². The maximum absolute atomic E-state index is 8.90. The molecule has 4 nitrogen and oxygen atoms in total. The molecule has 1 saturated carbocycles. The zero-order valence-electron chi connectivity index (χ0n) is 7.32. The van der Waals surface area contributed by atoms with E-state index < -0.39 is 0 Å². The highest BCUT2D eigenvalue weighted by atomic mass is 16.5. The normalized spacial score (nSPS) is 15.1. The van der Waals surface area contributed by atoms with Crippen LogP contribution in [0.5, 0.6) is 5.88 Å². The van der Waals surface area contributed by atoms with Crippen molar-refractivity contribution in [1.29, 1.82) is 5.26 Å². The molecule has 1 aromatic heterocycles. The van der Waals surface area contributed by atoms with Gasteiger partial charge in [0, 0.05) is 5.92 Å². The number of hydrogen-bond donors (Lipinski definition) is 0. The van der Waals surface area contributed by atoms with E-state index >= 15 is 0 Å². The Hall–Kier alpha value is -1.63. The maximum Gasteiger partial charge on any atom is 0.234 e. The molecule has 4 heteroatoms. The largest absolute Gasteiger partial charge is 0.480 e. The first kappa shape index (κ1) is 7.99. The van der Waals surface area contributed by atoms with Gasteiger partial charge in [-0.25, -0.2) is 9.97 Å². The number of ether oxygens (including phenoxy) is 1. The van der Waals surface area contributed by atoms with Gasteiger partial charge in [-0.2, -0.15) is 5.26 Å². The molecule has 0 unspecified atom stereocenters. The van der Waals surface area contributed by atoms with Crippen molar-refractivity contribution in [1.82, 2.24) is 9.97 Å².